The van der Waals surface area contributed by atoms with Crippen LogP contribution in [0, 0.1) is 11.8 Å². The molecule has 4 heteroatoms. The highest BCUT2D eigenvalue weighted by atomic mass is 16.3. The Bertz CT molecular complexity index is 231. The van der Waals surface area contributed by atoms with E-state index in [0.717, 1.165) is 13.0 Å². The predicted octanol–water partition coefficient (Wildman–Crippen LogP) is 0.461. The van der Waals surface area contributed by atoms with Crippen LogP contribution in [-0.4, -0.2) is 49.2 Å². The largest absolute Gasteiger partial charge is 0.396 e. The zero-order valence-electron chi connectivity index (χ0n) is 10.6. The topological polar surface area (TPSA) is 52.6 Å². The van der Waals surface area contributed by atoms with Crippen molar-refractivity contribution >= 4 is 5.91 Å². The van der Waals surface area contributed by atoms with E-state index in [1.165, 1.54) is 12.8 Å². The molecule has 0 bridgehead atoms. The Kier molecular flexibility index (Phi) is 5.22. The normalized spacial score (nSPS) is 26.8. The zero-order chi connectivity index (χ0) is 12.1. The molecule has 16 heavy (non-hydrogen) atoms. The zero-order valence-corrected chi connectivity index (χ0v) is 10.6. The summed E-state index contributed by atoms with van der Waals surface area (Å²) in [6.07, 6.45) is 3.49. The van der Waals surface area contributed by atoms with Crippen LogP contribution in [0.3, 0.4) is 0 Å². The summed E-state index contributed by atoms with van der Waals surface area (Å²) in [6, 6.07) is -0.130. The molecule has 4 nitrogen and oxygen atoms in total. The Morgan fingerprint density at radius 1 is 1.44 bits per heavy atom. The Morgan fingerprint density at radius 3 is 2.62 bits per heavy atom. The molecule has 0 saturated heterocycles. The smallest absolute Gasteiger partial charge is 0.238 e. The first-order valence-corrected chi connectivity index (χ1v) is 6.11. The van der Waals surface area contributed by atoms with Crippen LogP contribution in [0.15, 0.2) is 0 Å². The number of carbonyl (C=O) groups is 1. The first-order chi connectivity index (χ1) is 7.56. The van der Waals surface area contributed by atoms with Crippen LogP contribution in [0.1, 0.15) is 26.2 Å². The first kappa shape index (κ1) is 13.5. The monoisotopic (exact) mass is 228 g/mol. The van der Waals surface area contributed by atoms with E-state index >= 15 is 0 Å². The van der Waals surface area contributed by atoms with E-state index in [0.29, 0.717) is 11.8 Å². The molecule has 1 aliphatic carbocycles. The maximum absolute atomic E-state index is 11.6. The summed E-state index contributed by atoms with van der Waals surface area (Å²) in [7, 11) is 3.54. The van der Waals surface area contributed by atoms with Gasteiger partial charge in [-0.1, -0.05) is 6.42 Å². The fourth-order valence-corrected chi connectivity index (χ4v) is 2.43. The van der Waals surface area contributed by atoms with Crippen LogP contribution in [-0.2, 0) is 4.79 Å². The average molecular weight is 228 g/mol. The van der Waals surface area contributed by atoms with Gasteiger partial charge in [-0.15, -0.1) is 0 Å². The average Bonchev–Trinajstić information content (AvgIpc) is 2.71. The van der Waals surface area contributed by atoms with Gasteiger partial charge in [0, 0.05) is 20.7 Å². The lowest BCUT2D eigenvalue weighted by atomic mass is 9.97. The molecule has 2 N–H and O–H groups in total. The van der Waals surface area contributed by atoms with E-state index in [4.69, 9.17) is 0 Å². The van der Waals surface area contributed by atoms with E-state index < -0.39 is 0 Å². The highest BCUT2D eigenvalue weighted by Gasteiger charge is 2.27. The fraction of sp³-hybridized carbons (Fsp3) is 0.917. The lowest BCUT2D eigenvalue weighted by Crippen LogP contribution is -2.43. The lowest BCUT2D eigenvalue weighted by Gasteiger charge is -2.22. The highest BCUT2D eigenvalue weighted by Crippen LogP contribution is 2.30. The Labute approximate surface area is 98.0 Å². The van der Waals surface area contributed by atoms with Gasteiger partial charge in [0.15, 0.2) is 0 Å². The van der Waals surface area contributed by atoms with Crippen molar-refractivity contribution in [3.8, 4) is 0 Å². The summed E-state index contributed by atoms with van der Waals surface area (Å²) >= 11 is 0. The van der Waals surface area contributed by atoms with Gasteiger partial charge >= 0.3 is 0 Å². The van der Waals surface area contributed by atoms with Gasteiger partial charge < -0.3 is 15.3 Å². The molecule has 0 aliphatic heterocycles. The summed E-state index contributed by atoms with van der Waals surface area (Å²) in [4.78, 5) is 13.2. The molecule has 1 fully saturated rings. The molecule has 1 rings (SSSR count). The van der Waals surface area contributed by atoms with Crippen molar-refractivity contribution in [3.05, 3.63) is 0 Å². The standard InChI is InChI=1S/C12H24N2O2/c1-9(12(16)14(2)3)13-7-10-5-4-6-11(10)8-15/h9-11,13,15H,4-8H2,1-3H3. The third-order valence-electron chi connectivity index (χ3n) is 3.55. The maximum atomic E-state index is 11.6. The van der Waals surface area contributed by atoms with Crippen molar-refractivity contribution in [3.63, 3.8) is 0 Å². The van der Waals surface area contributed by atoms with E-state index in [1.54, 1.807) is 19.0 Å². The van der Waals surface area contributed by atoms with Gasteiger partial charge in [0.25, 0.3) is 0 Å². The SMILES string of the molecule is CC(NCC1CCCC1CO)C(=O)N(C)C. The maximum Gasteiger partial charge on any atom is 0.238 e. The molecule has 94 valence electrons. The fourth-order valence-electron chi connectivity index (χ4n) is 2.43. The Balaban J connectivity index is 2.31. The number of carbonyl (C=O) groups excluding carboxylic acids is 1. The van der Waals surface area contributed by atoms with Crippen LogP contribution >= 0.6 is 0 Å². The van der Waals surface area contributed by atoms with Gasteiger partial charge in [0.2, 0.25) is 5.91 Å². The number of nitrogens with one attached hydrogen (secondary N) is 1. The third kappa shape index (κ3) is 3.46. The molecule has 0 aromatic rings. The molecule has 3 atom stereocenters. The van der Waals surface area contributed by atoms with Crippen molar-refractivity contribution in [1.82, 2.24) is 10.2 Å². The quantitative estimate of drug-likeness (QED) is 0.719. The third-order valence-corrected chi connectivity index (χ3v) is 3.55. The Morgan fingerprint density at radius 2 is 2.06 bits per heavy atom. The second-order valence-corrected chi connectivity index (χ2v) is 5.00. The van der Waals surface area contributed by atoms with Crippen molar-refractivity contribution < 1.29 is 9.90 Å². The first-order valence-electron chi connectivity index (χ1n) is 6.11. The second-order valence-electron chi connectivity index (χ2n) is 5.00. The van der Waals surface area contributed by atoms with Gasteiger partial charge in [-0.25, -0.2) is 0 Å². The molecule has 0 spiro atoms. The van der Waals surface area contributed by atoms with E-state index in [-0.39, 0.29) is 18.6 Å². The molecule has 0 heterocycles. The van der Waals surface area contributed by atoms with E-state index in [1.807, 2.05) is 6.92 Å². The number of nitrogens with zero attached hydrogens (tertiary/aromatic N) is 1. The van der Waals surface area contributed by atoms with E-state index in [9.17, 15) is 9.90 Å². The van der Waals surface area contributed by atoms with Crippen molar-refractivity contribution in [2.45, 2.75) is 32.2 Å². The van der Waals surface area contributed by atoms with Gasteiger partial charge in [-0.3, -0.25) is 4.79 Å². The predicted molar refractivity (Wildman–Crippen MR) is 64.1 cm³/mol. The Hall–Kier alpha value is -0.610. The lowest BCUT2D eigenvalue weighted by molar-refractivity contribution is -0.130. The van der Waals surface area contributed by atoms with Crippen LogP contribution in [0.5, 0.6) is 0 Å². The molecular weight excluding hydrogens is 204 g/mol. The van der Waals surface area contributed by atoms with Gasteiger partial charge in [0.05, 0.1) is 6.04 Å². The van der Waals surface area contributed by atoms with Crippen molar-refractivity contribution in [2.75, 3.05) is 27.2 Å². The van der Waals surface area contributed by atoms with E-state index in [2.05, 4.69) is 5.32 Å². The molecular formula is C12H24N2O2. The molecule has 1 amide bonds. The molecule has 0 aromatic heterocycles. The molecule has 0 radical (unpaired) electrons. The van der Waals surface area contributed by atoms with Crippen LogP contribution in [0.25, 0.3) is 0 Å². The number of hydrogen-bond acceptors (Lipinski definition) is 3. The molecule has 1 aliphatic rings. The van der Waals surface area contributed by atoms with Gasteiger partial charge in [-0.2, -0.15) is 0 Å². The number of aliphatic hydroxyl groups excluding tert-OH is 1. The minimum absolute atomic E-state index is 0.110. The number of rotatable bonds is 5. The molecule has 1 saturated carbocycles. The van der Waals surface area contributed by atoms with Crippen molar-refractivity contribution in [1.29, 1.82) is 0 Å². The highest BCUT2D eigenvalue weighted by molar-refractivity contribution is 5.80. The minimum atomic E-state index is -0.130. The number of hydrogen-bond donors (Lipinski definition) is 2. The summed E-state index contributed by atoms with van der Waals surface area (Å²) in [5.41, 5.74) is 0. The minimum Gasteiger partial charge on any atom is -0.396 e. The summed E-state index contributed by atoms with van der Waals surface area (Å²) in [5.74, 6) is 1.06. The summed E-state index contributed by atoms with van der Waals surface area (Å²) in [5, 5.41) is 12.5. The van der Waals surface area contributed by atoms with Crippen molar-refractivity contribution in [2.24, 2.45) is 11.8 Å². The summed E-state index contributed by atoms with van der Waals surface area (Å²) in [6.45, 7) is 3.01. The molecule has 0 aromatic carbocycles. The summed E-state index contributed by atoms with van der Waals surface area (Å²) < 4.78 is 0. The van der Waals surface area contributed by atoms with Crippen LogP contribution < -0.4 is 5.32 Å². The number of aliphatic hydroxyl groups is 1. The second kappa shape index (κ2) is 6.21. The van der Waals surface area contributed by atoms with Crippen LogP contribution in [0.4, 0.5) is 0 Å². The van der Waals surface area contributed by atoms with Gasteiger partial charge in [0.1, 0.15) is 0 Å². The van der Waals surface area contributed by atoms with Crippen LogP contribution in [0.2, 0.25) is 0 Å². The number of amides is 1. The number of likely N-dealkylation sites (N-methyl/N-ethyl adjacent to an activating group) is 1. The van der Waals surface area contributed by atoms with Gasteiger partial charge in [-0.05, 0) is 38.1 Å². The molecule has 3 unspecified atom stereocenters.